The molecular formula is C6H6Br2S. The van der Waals surface area contributed by atoms with E-state index >= 15 is 0 Å². The van der Waals surface area contributed by atoms with Crippen LogP contribution in [0.3, 0.4) is 0 Å². The molecule has 0 spiro atoms. The highest BCUT2D eigenvalue weighted by atomic mass is 79.9. The maximum absolute atomic E-state index is 3.42. The number of rotatable bonds is 2. The van der Waals surface area contributed by atoms with Crippen molar-refractivity contribution in [2.45, 2.75) is 10.2 Å². The van der Waals surface area contributed by atoms with Crippen molar-refractivity contribution in [2.75, 3.05) is 0 Å². The van der Waals surface area contributed by atoms with Crippen LogP contribution in [0.5, 0.6) is 0 Å². The largest absolute Gasteiger partial charge is 0.152 e. The molecule has 0 aromatic carbocycles. The molecule has 0 bridgehead atoms. The molecule has 0 aliphatic carbocycles. The van der Waals surface area contributed by atoms with E-state index in [-0.39, 0.29) is 0 Å². The third kappa shape index (κ3) is 2.83. The summed E-state index contributed by atoms with van der Waals surface area (Å²) in [5.41, 5.74) is 1.39. The van der Waals surface area contributed by atoms with E-state index in [9.17, 15) is 0 Å². The summed E-state index contributed by atoms with van der Waals surface area (Å²) >= 11 is 8.57. The van der Waals surface area contributed by atoms with Crippen LogP contribution in [-0.2, 0) is 6.42 Å². The van der Waals surface area contributed by atoms with Crippen LogP contribution in [0.15, 0.2) is 16.8 Å². The Bertz CT molecular complexity index is 158. The predicted octanol–water partition coefficient (Wildman–Crippen LogP) is 3.41. The molecule has 0 radical (unpaired) electrons. The zero-order valence-corrected chi connectivity index (χ0v) is 8.67. The predicted molar refractivity (Wildman–Crippen MR) is 49.7 cm³/mol. The van der Waals surface area contributed by atoms with Gasteiger partial charge in [-0.3, -0.25) is 0 Å². The minimum Gasteiger partial charge on any atom is -0.152 e. The van der Waals surface area contributed by atoms with Gasteiger partial charge in [-0.2, -0.15) is 11.3 Å². The lowest BCUT2D eigenvalue weighted by molar-refractivity contribution is 1.15. The summed E-state index contributed by atoms with van der Waals surface area (Å²) in [7, 11) is 0. The van der Waals surface area contributed by atoms with E-state index in [4.69, 9.17) is 0 Å². The van der Waals surface area contributed by atoms with Gasteiger partial charge in [0, 0.05) is 0 Å². The molecular weight excluding hydrogens is 264 g/mol. The second kappa shape index (κ2) is 3.74. The summed E-state index contributed by atoms with van der Waals surface area (Å²) < 4.78 is 0.416. The topological polar surface area (TPSA) is 0 Å². The lowest BCUT2D eigenvalue weighted by Gasteiger charge is -1.95. The third-order valence-electron chi connectivity index (χ3n) is 0.970. The fourth-order valence-electron chi connectivity index (χ4n) is 0.587. The molecule has 1 heterocycles. The third-order valence-corrected chi connectivity index (χ3v) is 2.35. The minimum atomic E-state index is 0.416. The zero-order chi connectivity index (χ0) is 6.69. The Morgan fingerprint density at radius 1 is 1.56 bits per heavy atom. The average molecular weight is 270 g/mol. The number of hydrogen-bond acceptors (Lipinski definition) is 1. The average Bonchev–Trinajstić information content (AvgIpc) is 2.15. The first-order valence-corrected chi connectivity index (χ1v) is 5.35. The van der Waals surface area contributed by atoms with Crippen molar-refractivity contribution in [1.82, 2.24) is 0 Å². The highest BCUT2D eigenvalue weighted by Gasteiger charge is 1.98. The van der Waals surface area contributed by atoms with Gasteiger partial charge in [0.1, 0.15) is 0 Å². The van der Waals surface area contributed by atoms with E-state index in [1.165, 1.54) is 5.56 Å². The summed E-state index contributed by atoms with van der Waals surface area (Å²) in [6.07, 6.45) is 1.06. The van der Waals surface area contributed by atoms with Gasteiger partial charge in [0.05, 0.1) is 3.74 Å². The first-order chi connectivity index (χ1) is 4.29. The minimum absolute atomic E-state index is 0.416. The number of alkyl halides is 2. The number of thiophene rings is 1. The SMILES string of the molecule is BrC(Br)Cc1ccsc1. The Morgan fingerprint density at radius 2 is 2.33 bits per heavy atom. The van der Waals surface area contributed by atoms with Gasteiger partial charge in [0.25, 0.3) is 0 Å². The van der Waals surface area contributed by atoms with Crippen LogP contribution in [0.1, 0.15) is 5.56 Å². The molecule has 0 unspecified atom stereocenters. The molecule has 0 fully saturated rings. The van der Waals surface area contributed by atoms with E-state index in [0.717, 1.165) is 6.42 Å². The summed E-state index contributed by atoms with van der Waals surface area (Å²) in [4.78, 5) is 0. The second-order valence-corrected chi connectivity index (χ2v) is 5.95. The number of hydrogen-bond donors (Lipinski definition) is 0. The van der Waals surface area contributed by atoms with E-state index in [2.05, 4.69) is 48.7 Å². The number of halogens is 2. The molecule has 0 aliphatic rings. The Labute approximate surface area is 75.5 Å². The van der Waals surface area contributed by atoms with Gasteiger partial charge in [-0.05, 0) is 28.8 Å². The van der Waals surface area contributed by atoms with Crippen LogP contribution in [0, 0.1) is 0 Å². The van der Waals surface area contributed by atoms with Gasteiger partial charge in [-0.1, -0.05) is 31.9 Å². The molecule has 1 aromatic heterocycles. The van der Waals surface area contributed by atoms with Crippen molar-refractivity contribution in [3.05, 3.63) is 22.4 Å². The first-order valence-electron chi connectivity index (χ1n) is 2.58. The molecule has 0 saturated carbocycles. The van der Waals surface area contributed by atoms with E-state index in [0.29, 0.717) is 3.74 Å². The van der Waals surface area contributed by atoms with Gasteiger partial charge >= 0.3 is 0 Å². The van der Waals surface area contributed by atoms with Gasteiger partial charge in [0.2, 0.25) is 0 Å². The molecule has 0 saturated heterocycles. The smallest absolute Gasteiger partial charge is 0.0738 e. The molecule has 0 atom stereocenters. The van der Waals surface area contributed by atoms with Crippen molar-refractivity contribution in [3.63, 3.8) is 0 Å². The summed E-state index contributed by atoms with van der Waals surface area (Å²) in [6.45, 7) is 0. The monoisotopic (exact) mass is 268 g/mol. The summed E-state index contributed by atoms with van der Waals surface area (Å²) in [5.74, 6) is 0. The van der Waals surface area contributed by atoms with Crippen LogP contribution in [-0.4, -0.2) is 3.74 Å². The maximum atomic E-state index is 3.42. The molecule has 0 N–H and O–H groups in total. The zero-order valence-electron chi connectivity index (χ0n) is 4.68. The van der Waals surface area contributed by atoms with Crippen LogP contribution in [0.4, 0.5) is 0 Å². The lowest BCUT2D eigenvalue weighted by atomic mass is 10.3. The van der Waals surface area contributed by atoms with Crippen molar-refractivity contribution < 1.29 is 0 Å². The lowest BCUT2D eigenvalue weighted by Crippen LogP contribution is -1.88. The Balaban J connectivity index is 2.48. The Kier molecular flexibility index (Phi) is 3.22. The second-order valence-electron chi connectivity index (χ2n) is 1.73. The van der Waals surface area contributed by atoms with Crippen molar-refractivity contribution in [1.29, 1.82) is 0 Å². The molecule has 50 valence electrons. The van der Waals surface area contributed by atoms with E-state index in [1.54, 1.807) is 11.3 Å². The summed E-state index contributed by atoms with van der Waals surface area (Å²) in [5, 5.41) is 4.26. The first kappa shape index (κ1) is 7.76. The van der Waals surface area contributed by atoms with Crippen LogP contribution < -0.4 is 0 Å². The van der Waals surface area contributed by atoms with Crippen LogP contribution >= 0.6 is 43.2 Å². The highest BCUT2D eigenvalue weighted by Crippen LogP contribution is 2.16. The fourth-order valence-corrected chi connectivity index (χ4v) is 2.02. The molecule has 3 heteroatoms. The van der Waals surface area contributed by atoms with Crippen molar-refractivity contribution in [3.8, 4) is 0 Å². The molecule has 0 nitrogen and oxygen atoms in total. The molecule has 1 rings (SSSR count). The van der Waals surface area contributed by atoms with Gasteiger partial charge in [0.15, 0.2) is 0 Å². The fraction of sp³-hybridized carbons (Fsp3) is 0.333. The normalized spacial score (nSPS) is 10.6. The maximum Gasteiger partial charge on any atom is 0.0738 e. The Morgan fingerprint density at radius 3 is 2.78 bits per heavy atom. The van der Waals surface area contributed by atoms with Gasteiger partial charge < -0.3 is 0 Å². The molecule has 9 heavy (non-hydrogen) atoms. The van der Waals surface area contributed by atoms with E-state index < -0.39 is 0 Å². The van der Waals surface area contributed by atoms with Gasteiger partial charge in [-0.15, -0.1) is 0 Å². The van der Waals surface area contributed by atoms with Crippen molar-refractivity contribution in [2.24, 2.45) is 0 Å². The van der Waals surface area contributed by atoms with E-state index in [1.807, 2.05) is 0 Å². The quantitative estimate of drug-likeness (QED) is 0.722. The standard InChI is InChI=1S/C6H6Br2S/c7-6(8)3-5-1-2-9-4-5/h1-2,4,6H,3H2. The summed E-state index contributed by atoms with van der Waals surface area (Å²) in [6, 6.07) is 2.14. The van der Waals surface area contributed by atoms with Crippen LogP contribution in [0.25, 0.3) is 0 Å². The highest BCUT2D eigenvalue weighted by molar-refractivity contribution is 9.24. The molecule has 0 aliphatic heterocycles. The van der Waals surface area contributed by atoms with Crippen LogP contribution in [0.2, 0.25) is 0 Å². The molecule has 0 amide bonds. The Hall–Kier alpha value is 0.660. The van der Waals surface area contributed by atoms with Gasteiger partial charge in [-0.25, -0.2) is 0 Å². The molecule has 1 aromatic rings. The van der Waals surface area contributed by atoms with Crippen molar-refractivity contribution >= 4 is 43.2 Å².